The van der Waals surface area contributed by atoms with E-state index in [0.717, 1.165) is 18.2 Å². The average Bonchev–Trinajstić information content (AvgIpc) is 2.52. The van der Waals surface area contributed by atoms with Crippen LogP contribution in [0, 0.1) is 22.7 Å². The predicted octanol–water partition coefficient (Wildman–Crippen LogP) is 3.62. The van der Waals surface area contributed by atoms with Crippen molar-refractivity contribution in [2.24, 2.45) is 0 Å². The van der Waals surface area contributed by atoms with Crippen LogP contribution in [0.1, 0.15) is 16.7 Å². The maximum absolute atomic E-state index is 12.7. The Morgan fingerprint density at radius 3 is 2.27 bits per heavy atom. The molecule has 3 nitrogen and oxygen atoms in total. The van der Waals surface area contributed by atoms with Crippen LogP contribution in [0.5, 0.6) is 0 Å². The number of hydrogen-bond acceptors (Lipinski definition) is 3. The van der Waals surface area contributed by atoms with Gasteiger partial charge in [-0.15, -0.1) is 0 Å². The zero-order chi connectivity index (χ0) is 16.3. The highest BCUT2D eigenvalue weighted by atomic mass is 32.2. The quantitative estimate of drug-likeness (QED) is 0.849. The van der Waals surface area contributed by atoms with E-state index in [1.807, 2.05) is 0 Å². The van der Waals surface area contributed by atoms with Crippen molar-refractivity contribution in [3.63, 3.8) is 0 Å². The van der Waals surface area contributed by atoms with Gasteiger partial charge in [0.25, 0.3) is 0 Å². The third-order valence-electron chi connectivity index (χ3n) is 2.83. The summed E-state index contributed by atoms with van der Waals surface area (Å²) in [7, 11) is -1.99. The molecule has 0 N–H and O–H groups in total. The lowest BCUT2D eigenvalue weighted by Gasteiger charge is -2.09. The zero-order valence-corrected chi connectivity index (χ0v) is 11.7. The zero-order valence-electron chi connectivity index (χ0n) is 10.9. The molecule has 0 spiro atoms. The van der Waals surface area contributed by atoms with E-state index >= 15 is 0 Å². The normalized spacial score (nSPS) is 12.2. The average molecular weight is 320 g/mol. The van der Waals surface area contributed by atoms with E-state index in [-0.39, 0.29) is 20.9 Å². The second-order valence-electron chi connectivity index (χ2n) is 4.20. The standard InChI is InChI=1S/C15H7F3N2OS/c16-15(17,18)11-4-2-5-12(7-11)22(21)14-6-1-3-10(8-19)13(14)9-20/h1-7H. The van der Waals surface area contributed by atoms with Gasteiger partial charge in [-0.25, -0.2) is 4.21 Å². The molecule has 0 aliphatic carbocycles. The van der Waals surface area contributed by atoms with Crippen molar-refractivity contribution in [1.29, 1.82) is 10.5 Å². The van der Waals surface area contributed by atoms with Crippen LogP contribution in [-0.2, 0) is 17.0 Å². The Hall–Kier alpha value is -2.64. The summed E-state index contributed by atoms with van der Waals surface area (Å²) in [6, 6.07) is 11.8. The molecule has 0 heterocycles. The van der Waals surface area contributed by atoms with Crippen LogP contribution in [-0.4, -0.2) is 4.21 Å². The number of nitriles is 2. The van der Waals surface area contributed by atoms with Gasteiger partial charge >= 0.3 is 6.18 Å². The molecule has 1 atom stereocenters. The van der Waals surface area contributed by atoms with Crippen LogP contribution >= 0.6 is 0 Å². The number of hydrogen-bond donors (Lipinski definition) is 0. The first kappa shape index (κ1) is 15.7. The van der Waals surface area contributed by atoms with Crippen LogP contribution in [0.25, 0.3) is 0 Å². The molecular weight excluding hydrogens is 313 g/mol. The smallest absolute Gasteiger partial charge is 0.249 e. The minimum atomic E-state index is -4.55. The Morgan fingerprint density at radius 1 is 1.00 bits per heavy atom. The largest absolute Gasteiger partial charge is 0.416 e. The third kappa shape index (κ3) is 3.00. The Morgan fingerprint density at radius 2 is 1.68 bits per heavy atom. The van der Waals surface area contributed by atoms with Crippen molar-refractivity contribution in [1.82, 2.24) is 0 Å². The monoisotopic (exact) mass is 320 g/mol. The first-order chi connectivity index (χ1) is 10.4. The van der Waals surface area contributed by atoms with Crippen molar-refractivity contribution in [2.45, 2.75) is 16.0 Å². The van der Waals surface area contributed by atoms with E-state index in [2.05, 4.69) is 0 Å². The highest BCUT2D eigenvalue weighted by Crippen LogP contribution is 2.31. The van der Waals surface area contributed by atoms with Gasteiger partial charge in [0.05, 0.1) is 32.4 Å². The van der Waals surface area contributed by atoms with Crippen molar-refractivity contribution in [3.05, 3.63) is 59.2 Å². The van der Waals surface area contributed by atoms with Crippen LogP contribution in [0.4, 0.5) is 13.2 Å². The topological polar surface area (TPSA) is 64.7 Å². The lowest BCUT2D eigenvalue weighted by atomic mass is 10.1. The summed E-state index contributed by atoms with van der Waals surface area (Å²) >= 11 is 0. The Kier molecular flexibility index (Phi) is 4.30. The minimum Gasteiger partial charge on any atom is -0.249 e. The number of benzene rings is 2. The fourth-order valence-electron chi connectivity index (χ4n) is 1.81. The van der Waals surface area contributed by atoms with E-state index in [4.69, 9.17) is 10.5 Å². The first-order valence-corrected chi connectivity index (χ1v) is 7.05. The van der Waals surface area contributed by atoms with Crippen molar-refractivity contribution < 1.29 is 17.4 Å². The van der Waals surface area contributed by atoms with Gasteiger partial charge in [-0.05, 0) is 30.3 Å². The molecule has 2 rings (SSSR count). The van der Waals surface area contributed by atoms with Crippen molar-refractivity contribution in [3.8, 4) is 12.1 Å². The maximum Gasteiger partial charge on any atom is 0.416 e. The molecule has 22 heavy (non-hydrogen) atoms. The third-order valence-corrected chi connectivity index (χ3v) is 4.26. The second-order valence-corrected chi connectivity index (χ2v) is 5.65. The van der Waals surface area contributed by atoms with Gasteiger partial charge in [0, 0.05) is 4.90 Å². The second kappa shape index (κ2) is 6.00. The first-order valence-electron chi connectivity index (χ1n) is 5.90. The molecule has 0 saturated carbocycles. The molecular formula is C15H7F3N2OS. The molecule has 0 bridgehead atoms. The molecule has 110 valence electrons. The molecule has 0 saturated heterocycles. The molecule has 0 fully saturated rings. The lowest BCUT2D eigenvalue weighted by molar-refractivity contribution is -0.137. The van der Waals surface area contributed by atoms with Gasteiger partial charge in [0.15, 0.2) is 0 Å². The van der Waals surface area contributed by atoms with Gasteiger partial charge in [-0.3, -0.25) is 0 Å². The summed E-state index contributed by atoms with van der Waals surface area (Å²) in [6.07, 6.45) is -4.55. The van der Waals surface area contributed by atoms with E-state index < -0.39 is 22.5 Å². The van der Waals surface area contributed by atoms with Gasteiger partial charge in [-0.2, -0.15) is 23.7 Å². The minimum absolute atomic E-state index is 0.0147. The van der Waals surface area contributed by atoms with Gasteiger partial charge in [0.1, 0.15) is 12.1 Å². The Bertz CT molecular complexity index is 832. The predicted molar refractivity (Wildman–Crippen MR) is 72.0 cm³/mol. The molecule has 0 aliphatic rings. The molecule has 0 amide bonds. The van der Waals surface area contributed by atoms with Gasteiger partial charge in [0.2, 0.25) is 0 Å². The number of nitrogens with zero attached hydrogens (tertiary/aromatic N) is 2. The summed E-state index contributed by atoms with van der Waals surface area (Å²) in [5.74, 6) is 0. The summed E-state index contributed by atoms with van der Waals surface area (Å²) < 4.78 is 50.6. The maximum atomic E-state index is 12.7. The van der Waals surface area contributed by atoms with E-state index in [9.17, 15) is 17.4 Å². The molecule has 1 unspecified atom stereocenters. The number of rotatable bonds is 2. The highest BCUT2D eigenvalue weighted by Gasteiger charge is 2.31. The molecule has 0 aromatic heterocycles. The fraction of sp³-hybridized carbons (Fsp3) is 0.0667. The SMILES string of the molecule is N#Cc1cccc(S(=O)c2cccc(C(F)(F)F)c2)c1C#N. The van der Waals surface area contributed by atoms with E-state index in [1.165, 1.54) is 24.3 Å². The summed E-state index contributed by atoms with van der Waals surface area (Å²) in [6.45, 7) is 0. The van der Waals surface area contributed by atoms with Crippen LogP contribution in [0.3, 0.4) is 0 Å². The Balaban J connectivity index is 2.55. The van der Waals surface area contributed by atoms with Gasteiger partial charge < -0.3 is 0 Å². The highest BCUT2D eigenvalue weighted by molar-refractivity contribution is 7.85. The summed E-state index contributed by atoms with van der Waals surface area (Å²) in [5.41, 5.74) is -0.991. The molecule has 2 aromatic rings. The molecule has 0 radical (unpaired) electrons. The van der Waals surface area contributed by atoms with Crippen LogP contribution < -0.4 is 0 Å². The van der Waals surface area contributed by atoms with E-state index in [0.29, 0.717) is 0 Å². The fourth-order valence-corrected chi connectivity index (χ4v) is 3.04. The number of alkyl halides is 3. The van der Waals surface area contributed by atoms with Crippen LogP contribution in [0.15, 0.2) is 52.3 Å². The Labute approximate surface area is 126 Å². The number of halogens is 3. The summed E-state index contributed by atoms with van der Waals surface area (Å²) in [5, 5.41) is 18.0. The summed E-state index contributed by atoms with van der Waals surface area (Å²) in [4.78, 5) is -0.0673. The molecule has 2 aromatic carbocycles. The lowest BCUT2D eigenvalue weighted by Crippen LogP contribution is -2.06. The van der Waals surface area contributed by atoms with Crippen molar-refractivity contribution in [2.75, 3.05) is 0 Å². The van der Waals surface area contributed by atoms with Crippen molar-refractivity contribution >= 4 is 10.8 Å². The van der Waals surface area contributed by atoms with E-state index in [1.54, 1.807) is 12.1 Å². The van der Waals surface area contributed by atoms with Gasteiger partial charge in [-0.1, -0.05) is 12.1 Å². The molecule has 0 aliphatic heterocycles. The molecule has 7 heteroatoms. The van der Waals surface area contributed by atoms with Crippen LogP contribution in [0.2, 0.25) is 0 Å².